The molecule has 0 spiro atoms. The van der Waals surface area contributed by atoms with Gasteiger partial charge in [-0.15, -0.1) is 0 Å². The largest absolute Gasteiger partial charge is 0.390 e. The molecule has 1 aliphatic carbocycles. The minimum absolute atomic E-state index is 0.0984. The maximum absolute atomic E-state index is 13.1. The van der Waals surface area contributed by atoms with Gasteiger partial charge in [-0.25, -0.2) is 4.39 Å². The van der Waals surface area contributed by atoms with Gasteiger partial charge in [0.05, 0.1) is 18.1 Å². The predicted molar refractivity (Wildman–Crippen MR) is 116 cm³/mol. The molecule has 0 aromatic heterocycles. The van der Waals surface area contributed by atoms with Gasteiger partial charge in [0, 0.05) is 24.0 Å². The monoisotopic (exact) mass is 436 g/mol. The van der Waals surface area contributed by atoms with Crippen molar-refractivity contribution in [3.05, 3.63) is 30.1 Å². The van der Waals surface area contributed by atoms with E-state index in [-0.39, 0.29) is 23.4 Å². The van der Waals surface area contributed by atoms with Crippen molar-refractivity contribution in [1.29, 1.82) is 0 Å². The van der Waals surface area contributed by atoms with E-state index in [9.17, 15) is 19.4 Å². The quantitative estimate of drug-likeness (QED) is 0.558. The maximum Gasteiger partial charge on any atom is 0.224 e. The lowest BCUT2D eigenvalue weighted by atomic mass is 9.81. The number of aliphatic hydroxyl groups is 2. The average Bonchev–Trinajstić information content (AvgIpc) is 3.17. The average molecular weight is 437 g/mol. The van der Waals surface area contributed by atoms with Gasteiger partial charge in [-0.2, -0.15) is 0 Å². The standard InChI is InChI=1S/C21H29FN4O3S/c22-13-4-6-14(7-5-13)24-21-25-17-18(28)16(27)12-15(19(17)30-21)20(29)23-8-11-26-9-2-1-3-10-26/h4-7,15-19,27-28H,1-3,8-12H2,(H,23,29)(H,24,25). The normalized spacial score (nSPS) is 31.7. The molecule has 9 heteroatoms. The molecule has 0 radical (unpaired) electrons. The third-order valence-corrected chi connectivity index (χ3v) is 7.41. The second kappa shape index (κ2) is 9.64. The summed E-state index contributed by atoms with van der Waals surface area (Å²) in [6, 6.07) is 5.37. The second-order valence-corrected chi connectivity index (χ2v) is 9.40. The highest BCUT2D eigenvalue weighted by atomic mass is 32.2. The third kappa shape index (κ3) is 4.96. The first kappa shape index (κ1) is 21.5. The van der Waals surface area contributed by atoms with Crippen molar-refractivity contribution in [2.45, 2.75) is 49.2 Å². The van der Waals surface area contributed by atoms with Crippen molar-refractivity contribution in [3.8, 4) is 0 Å². The van der Waals surface area contributed by atoms with Gasteiger partial charge in [0.25, 0.3) is 0 Å². The van der Waals surface area contributed by atoms with E-state index in [1.165, 1.54) is 43.2 Å². The van der Waals surface area contributed by atoms with Gasteiger partial charge in [0.2, 0.25) is 5.91 Å². The first-order valence-corrected chi connectivity index (χ1v) is 11.5. The lowest BCUT2D eigenvalue weighted by molar-refractivity contribution is -0.129. The van der Waals surface area contributed by atoms with E-state index >= 15 is 0 Å². The predicted octanol–water partition coefficient (Wildman–Crippen LogP) is 1.42. The molecule has 1 aromatic carbocycles. The van der Waals surface area contributed by atoms with Gasteiger partial charge in [-0.05, 0) is 56.6 Å². The summed E-state index contributed by atoms with van der Waals surface area (Å²) in [7, 11) is 0. The molecule has 1 saturated heterocycles. The number of aliphatic imine (C=N–C) groups is 1. The van der Waals surface area contributed by atoms with E-state index in [4.69, 9.17) is 0 Å². The Morgan fingerprint density at radius 3 is 2.67 bits per heavy atom. The zero-order valence-electron chi connectivity index (χ0n) is 16.8. The number of thioether (sulfide) groups is 1. The highest BCUT2D eigenvalue weighted by molar-refractivity contribution is 8.15. The number of carbonyl (C=O) groups is 1. The summed E-state index contributed by atoms with van der Waals surface area (Å²) in [5.74, 6) is -0.857. The summed E-state index contributed by atoms with van der Waals surface area (Å²) in [6.45, 7) is 3.57. The number of hydrogen-bond donors (Lipinski definition) is 4. The number of hydrogen-bond acceptors (Lipinski definition) is 7. The molecule has 1 saturated carbocycles. The Bertz CT molecular complexity index is 772. The van der Waals surface area contributed by atoms with Gasteiger partial charge >= 0.3 is 0 Å². The maximum atomic E-state index is 13.1. The number of nitrogens with one attached hydrogen (secondary N) is 2. The number of amides is 1. The second-order valence-electron chi connectivity index (χ2n) is 8.23. The number of benzene rings is 1. The van der Waals surface area contributed by atoms with E-state index in [0.29, 0.717) is 17.4 Å². The summed E-state index contributed by atoms with van der Waals surface area (Å²) in [6.07, 6.45) is 1.92. The summed E-state index contributed by atoms with van der Waals surface area (Å²) in [5.41, 5.74) is 0.680. The first-order valence-electron chi connectivity index (χ1n) is 10.6. The van der Waals surface area contributed by atoms with Crippen LogP contribution in [0.5, 0.6) is 0 Å². The number of nitrogens with zero attached hydrogens (tertiary/aromatic N) is 2. The number of piperidine rings is 1. The molecule has 30 heavy (non-hydrogen) atoms. The molecular formula is C21H29FN4O3S. The molecule has 1 aromatic rings. The van der Waals surface area contributed by atoms with Crippen molar-refractivity contribution in [3.63, 3.8) is 0 Å². The van der Waals surface area contributed by atoms with Crippen LogP contribution in [0.1, 0.15) is 25.7 Å². The molecular weight excluding hydrogens is 407 g/mol. The Morgan fingerprint density at radius 1 is 1.20 bits per heavy atom. The Balaban J connectivity index is 1.36. The molecule has 4 rings (SSSR count). The van der Waals surface area contributed by atoms with Crippen LogP contribution in [0.3, 0.4) is 0 Å². The smallest absolute Gasteiger partial charge is 0.224 e. The van der Waals surface area contributed by atoms with E-state index < -0.39 is 24.2 Å². The number of halogens is 1. The van der Waals surface area contributed by atoms with Gasteiger partial charge in [-0.3, -0.25) is 9.79 Å². The molecule has 2 fully saturated rings. The van der Waals surface area contributed by atoms with Gasteiger partial charge < -0.3 is 25.7 Å². The van der Waals surface area contributed by atoms with Crippen LogP contribution in [-0.2, 0) is 4.79 Å². The SMILES string of the molecule is O=C(NCCN1CCCCC1)C1CC(O)C(O)C2N=C(Nc3ccc(F)cc3)SC12. The number of likely N-dealkylation sites (tertiary alicyclic amines) is 1. The Morgan fingerprint density at radius 2 is 1.93 bits per heavy atom. The van der Waals surface area contributed by atoms with Crippen LogP contribution in [0.15, 0.2) is 29.3 Å². The lowest BCUT2D eigenvalue weighted by Crippen LogP contribution is -2.54. The number of carbonyl (C=O) groups excluding carboxylic acids is 1. The molecule has 164 valence electrons. The molecule has 7 nitrogen and oxygen atoms in total. The Kier molecular flexibility index (Phi) is 6.92. The molecule has 2 aliphatic heterocycles. The number of rotatable bonds is 5. The van der Waals surface area contributed by atoms with E-state index in [1.807, 2.05) is 0 Å². The van der Waals surface area contributed by atoms with Crippen molar-refractivity contribution < 1.29 is 19.4 Å². The van der Waals surface area contributed by atoms with Gasteiger partial charge in [-0.1, -0.05) is 18.2 Å². The summed E-state index contributed by atoms with van der Waals surface area (Å²) in [4.78, 5) is 19.8. The molecule has 2 heterocycles. The molecule has 1 amide bonds. The lowest BCUT2D eigenvalue weighted by Gasteiger charge is -2.37. The zero-order chi connectivity index (χ0) is 21.1. The Hall–Kier alpha value is -1.68. The van der Waals surface area contributed by atoms with Crippen LogP contribution in [0.4, 0.5) is 10.1 Å². The molecule has 0 bridgehead atoms. The molecule has 4 N–H and O–H groups in total. The van der Waals surface area contributed by atoms with Crippen molar-refractivity contribution >= 4 is 28.5 Å². The zero-order valence-corrected chi connectivity index (χ0v) is 17.7. The number of aliphatic hydroxyl groups excluding tert-OH is 2. The van der Waals surface area contributed by atoms with Crippen LogP contribution in [0.2, 0.25) is 0 Å². The van der Waals surface area contributed by atoms with Crippen LogP contribution in [0, 0.1) is 11.7 Å². The van der Waals surface area contributed by atoms with Crippen molar-refractivity contribution in [1.82, 2.24) is 10.2 Å². The van der Waals surface area contributed by atoms with Crippen molar-refractivity contribution in [2.24, 2.45) is 10.9 Å². The molecule has 3 aliphatic rings. The Labute approximate surface area is 180 Å². The summed E-state index contributed by atoms with van der Waals surface area (Å²) >= 11 is 1.40. The highest BCUT2D eigenvalue weighted by Crippen LogP contribution is 2.41. The van der Waals surface area contributed by atoms with Crippen LogP contribution in [-0.4, -0.2) is 75.9 Å². The van der Waals surface area contributed by atoms with Gasteiger partial charge in [0.15, 0.2) is 5.17 Å². The fraction of sp³-hybridized carbons (Fsp3) is 0.619. The highest BCUT2D eigenvalue weighted by Gasteiger charge is 2.50. The van der Waals surface area contributed by atoms with Crippen LogP contribution in [0.25, 0.3) is 0 Å². The molecule has 5 unspecified atom stereocenters. The van der Waals surface area contributed by atoms with Crippen LogP contribution >= 0.6 is 11.8 Å². The summed E-state index contributed by atoms with van der Waals surface area (Å²) < 4.78 is 13.1. The topological polar surface area (TPSA) is 97.2 Å². The minimum Gasteiger partial charge on any atom is -0.390 e. The molecule has 5 atom stereocenters. The number of anilines is 1. The first-order chi connectivity index (χ1) is 14.5. The fourth-order valence-corrected chi connectivity index (χ4v) is 5.79. The number of fused-ring (bicyclic) bond motifs is 1. The van der Waals surface area contributed by atoms with E-state index in [0.717, 1.165) is 19.6 Å². The van der Waals surface area contributed by atoms with Crippen LogP contribution < -0.4 is 10.6 Å². The fourth-order valence-electron chi connectivity index (χ4n) is 4.42. The summed E-state index contributed by atoms with van der Waals surface area (Å²) in [5, 5.41) is 27.2. The third-order valence-electron chi connectivity index (χ3n) is 6.09. The van der Waals surface area contributed by atoms with Crippen molar-refractivity contribution in [2.75, 3.05) is 31.5 Å². The van der Waals surface area contributed by atoms with Gasteiger partial charge in [0.1, 0.15) is 11.9 Å². The van der Waals surface area contributed by atoms with E-state index in [2.05, 4.69) is 20.5 Å². The number of amidine groups is 1. The minimum atomic E-state index is -1.01. The van der Waals surface area contributed by atoms with E-state index in [1.54, 1.807) is 12.1 Å².